The summed E-state index contributed by atoms with van der Waals surface area (Å²) in [6.45, 7) is 2.97. The first kappa shape index (κ1) is 17.2. The van der Waals surface area contributed by atoms with E-state index in [1.54, 1.807) is 6.33 Å². The lowest BCUT2D eigenvalue weighted by Gasteiger charge is -2.32. The lowest BCUT2D eigenvalue weighted by atomic mass is 9.96. The highest BCUT2D eigenvalue weighted by Crippen LogP contribution is 2.29. The highest BCUT2D eigenvalue weighted by atomic mass is 35.5. The molecule has 3 aromatic rings. The molecule has 2 aromatic heterocycles. The van der Waals surface area contributed by atoms with E-state index in [4.69, 9.17) is 11.6 Å². The molecule has 1 saturated heterocycles. The van der Waals surface area contributed by atoms with Crippen LogP contribution >= 0.6 is 11.6 Å². The summed E-state index contributed by atoms with van der Waals surface area (Å²) in [7, 11) is 3.99. The molecular weight excluding hydrogens is 348 g/mol. The Hall–Kier alpha value is -2.18. The highest BCUT2D eigenvalue weighted by Gasteiger charge is 2.25. The van der Waals surface area contributed by atoms with Crippen LogP contribution in [-0.2, 0) is 20.6 Å². The number of hydrogen-bond donors (Lipinski definition) is 0. The smallest absolute Gasteiger partial charge is 0.136 e. The van der Waals surface area contributed by atoms with Gasteiger partial charge in [0.05, 0.1) is 5.69 Å². The van der Waals surface area contributed by atoms with Gasteiger partial charge in [-0.05, 0) is 31.5 Å². The maximum atomic E-state index is 6.18. The third kappa shape index (κ3) is 3.52. The van der Waals surface area contributed by atoms with Gasteiger partial charge in [0.15, 0.2) is 0 Å². The molecule has 3 heterocycles. The van der Waals surface area contributed by atoms with E-state index in [1.165, 1.54) is 12.0 Å². The van der Waals surface area contributed by atoms with Crippen LogP contribution in [0, 0.1) is 0 Å². The quantitative estimate of drug-likeness (QED) is 0.707. The van der Waals surface area contributed by atoms with Gasteiger partial charge in [0, 0.05) is 55.4 Å². The predicted molar refractivity (Wildman–Crippen MR) is 102 cm³/mol. The number of nitrogens with zero attached hydrogens (tertiary/aromatic N) is 6. The predicted octanol–water partition coefficient (Wildman–Crippen LogP) is 3.25. The molecule has 1 aromatic carbocycles. The largest absolute Gasteiger partial charge is 0.320 e. The molecule has 1 unspecified atom stereocenters. The monoisotopic (exact) mass is 370 g/mol. The molecule has 26 heavy (non-hydrogen) atoms. The van der Waals surface area contributed by atoms with Crippen LogP contribution in [0.15, 0.2) is 36.8 Å². The molecule has 6 nitrogen and oxygen atoms in total. The second kappa shape index (κ2) is 7.21. The Kier molecular flexibility index (Phi) is 4.78. The van der Waals surface area contributed by atoms with E-state index < -0.39 is 0 Å². The van der Waals surface area contributed by atoms with Gasteiger partial charge in [0.2, 0.25) is 0 Å². The van der Waals surface area contributed by atoms with Gasteiger partial charge < -0.3 is 4.57 Å². The number of aromatic nitrogens is 5. The van der Waals surface area contributed by atoms with Crippen molar-refractivity contribution in [3.05, 3.63) is 53.2 Å². The Labute approximate surface area is 158 Å². The molecule has 1 fully saturated rings. The fourth-order valence-electron chi connectivity index (χ4n) is 3.84. The first-order chi connectivity index (χ1) is 12.6. The number of benzene rings is 1. The van der Waals surface area contributed by atoms with Crippen LogP contribution < -0.4 is 0 Å². The standard InChI is InChI=1S/C19H23ClN6/c1-24-13-21-22-19(24)15-6-4-8-26(11-15)12-16-10-25(2)23-18(16)14-5-3-7-17(20)9-14/h3,5,7,9-10,13,15H,4,6,8,11-12H2,1-2H3. The first-order valence-electron chi connectivity index (χ1n) is 8.95. The molecule has 7 heteroatoms. The minimum Gasteiger partial charge on any atom is -0.320 e. The topological polar surface area (TPSA) is 51.8 Å². The van der Waals surface area contributed by atoms with Gasteiger partial charge in [0.1, 0.15) is 12.2 Å². The van der Waals surface area contributed by atoms with Crippen molar-refractivity contribution in [2.45, 2.75) is 25.3 Å². The van der Waals surface area contributed by atoms with E-state index in [-0.39, 0.29) is 0 Å². The molecular formula is C19H23ClN6. The first-order valence-corrected chi connectivity index (χ1v) is 9.32. The van der Waals surface area contributed by atoms with E-state index >= 15 is 0 Å². The van der Waals surface area contributed by atoms with Crippen LogP contribution in [0.1, 0.15) is 30.1 Å². The average molecular weight is 371 g/mol. The molecule has 1 aliphatic rings. The Morgan fingerprint density at radius 3 is 2.92 bits per heavy atom. The molecule has 0 radical (unpaired) electrons. The Balaban J connectivity index is 1.55. The third-order valence-electron chi connectivity index (χ3n) is 5.01. The fraction of sp³-hybridized carbons (Fsp3) is 0.421. The number of aryl methyl sites for hydroxylation is 2. The van der Waals surface area contributed by atoms with Crippen molar-refractivity contribution < 1.29 is 0 Å². The summed E-state index contributed by atoms with van der Waals surface area (Å²) in [6, 6.07) is 7.91. The van der Waals surface area contributed by atoms with Gasteiger partial charge in [-0.25, -0.2) is 0 Å². The molecule has 0 saturated carbocycles. The van der Waals surface area contributed by atoms with Crippen LogP contribution in [0.4, 0.5) is 0 Å². The van der Waals surface area contributed by atoms with Crippen molar-refractivity contribution in [2.24, 2.45) is 14.1 Å². The van der Waals surface area contributed by atoms with E-state index in [0.29, 0.717) is 5.92 Å². The second-order valence-electron chi connectivity index (χ2n) is 7.06. The molecule has 1 aliphatic heterocycles. The van der Waals surface area contributed by atoms with Crippen molar-refractivity contribution in [3.63, 3.8) is 0 Å². The normalized spacial score (nSPS) is 18.3. The highest BCUT2D eigenvalue weighted by molar-refractivity contribution is 6.30. The number of piperidine rings is 1. The summed E-state index contributed by atoms with van der Waals surface area (Å²) in [5, 5.41) is 13.8. The second-order valence-corrected chi connectivity index (χ2v) is 7.50. The molecule has 0 spiro atoms. The summed E-state index contributed by atoms with van der Waals surface area (Å²) in [5.74, 6) is 1.51. The molecule has 1 atom stereocenters. The fourth-order valence-corrected chi connectivity index (χ4v) is 4.03. The lowest BCUT2D eigenvalue weighted by Crippen LogP contribution is -2.34. The van der Waals surface area contributed by atoms with E-state index in [2.05, 4.69) is 32.5 Å². The van der Waals surface area contributed by atoms with Gasteiger partial charge in [-0.1, -0.05) is 23.7 Å². The zero-order valence-electron chi connectivity index (χ0n) is 15.1. The van der Waals surface area contributed by atoms with Crippen LogP contribution in [0.5, 0.6) is 0 Å². The Morgan fingerprint density at radius 2 is 2.15 bits per heavy atom. The van der Waals surface area contributed by atoms with Crippen LogP contribution in [0.3, 0.4) is 0 Å². The lowest BCUT2D eigenvalue weighted by molar-refractivity contribution is 0.195. The zero-order valence-corrected chi connectivity index (χ0v) is 15.9. The summed E-state index contributed by atoms with van der Waals surface area (Å²) in [6.07, 6.45) is 6.23. The minimum absolute atomic E-state index is 0.433. The van der Waals surface area contributed by atoms with Gasteiger partial charge in [0.25, 0.3) is 0 Å². The summed E-state index contributed by atoms with van der Waals surface area (Å²) in [4.78, 5) is 2.49. The molecule has 0 N–H and O–H groups in total. The van der Waals surface area contributed by atoms with Crippen molar-refractivity contribution in [3.8, 4) is 11.3 Å². The van der Waals surface area contributed by atoms with Crippen LogP contribution in [-0.4, -0.2) is 42.5 Å². The molecule has 0 bridgehead atoms. The van der Waals surface area contributed by atoms with Crippen LogP contribution in [0.25, 0.3) is 11.3 Å². The Bertz CT molecular complexity index is 899. The minimum atomic E-state index is 0.433. The van der Waals surface area contributed by atoms with Gasteiger partial charge in [-0.3, -0.25) is 9.58 Å². The van der Waals surface area contributed by atoms with Gasteiger partial charge in [-0.2, -0.15) is 5.10 Å². The molecule has 0 amide bonds. The number of hydrogen-bond acceptors (Lipinski definition) is 4. The number of likely N-dealkylation sites (tertiary alicyclic amines) is 1. The summed E-state index contributed by atoms with van der Waals surface area (Å²) < 4.78 is 3.92. The zero-order chi connectivity index (χ0) is 18.1. The van der Waals surface area contributed by atoms with Crippen molar-refractivity contribution >= 4 is 11.6 Å². The Morgan fingerprint density at radius 1 is 1.27 bits per heavy atom. The van der Waals surface area contributed by atoms with Gasteiger partial charge in [-0.15, -0.1) is 10.2 Å². The third-order valence-corrected chi connectivity index (χ3v) is 5.25. The average Bonchev–Trinajstić information content (AvgIpc) is 3.21. The van der Waals surface area contributed by atoms with Gasteiger partial charge >= 0.3 is 0 Å². The van der Waals surface area contributed by atoms with E-state index in [1.807, 2.05) is 41.5 Å². The van der Waals surface area contributed by atoms with Crippen molar-refractivity contribution in [2.75, 3.05) is 13.1 Å². The maximum absolute atomic E-state index is 6.18. The molecule has 4 rings (SSSR count). The molecule has 136 valence electrons. The van der Waals surface area contributed by atoms with Crippen molar-refractivity contribution in [1.82, 2.24) is 29.4 Å². The SMILES string of the molecule is Cn1cc(CN2CCCC(c3nncn3C)C2)c(-c2cccc(Cl)c2)n1. The number of halogens is 1. The maximum Gasteiger partial charge on any atom is 0.136 e. The summed E-state index contributed by atoms with van der Waals surface area (Å²) >= 11 is 6.18. The van der Waals surface area contributed by atoms with E-state index in [9.17, 15) is 0 Å². The number of rotatable bonds is 4. The van der Waals surface area contributed by atoms with Crippen LogP contribution in [0.2, 0.25) is 5.02 Å². The molecule has 0 aliphatic carbocycles. The van der Waals surface area contributed by atoms with E-state index in [0.717, 1.165) is 48.2 Å². The summed E-state index contributed by atoms with van der Waals surface area (Å²) in [5.41, 5.74) is 3.30. The van der Waals surface area contributed by atoms with Crippen molar-refractivity contribution in [1.29, 1.82) is 0 Å².